The molecular weight excluding hydrogens is 376 g/mol. The van der Waals surface area contributed by atoms with E-state index in [1.165, 1.54) is 0 Å². The van der Waals surface area contributed by atoms with Crippen molar-refractivity contribution in [1.29, 1.82) is 0 Å². The van der Waals surface area contributed by atoms with E-state index >= 15 is 0 Å². The van der Waals surface area contributed by atoms with Gasteiger partial charge in [0.2, 0.25) is 5.91 Å². The molecule has 0 aliphatic heterocycles. The summed E-state index contributed by atoms with van der Waals surface area (Å²) in [6.07, 6.45) is 5.30. The van der Waals surface area contributed by atoms with Gasteiger partial charge in [-0.05, 0) is 44.2 Å². The van der Waals surface area contributed by atoms with Gasteiger partial charge in [-0.1, -0.05) is 32.9 Å². The minimum atomic E-state index is -0.545. The third-order valence-corrected chi connectivity index (χ3v) is 7.14. The number of hydrogen-bond donors (Lipinski definition) is 2. The summed E-state index contributed by atoms with van der Waals surface area (Å²) in [5.74, 6) is 1.08. The van der Waals surface area contributed by atoms with E-state index in [1.807, 2.05) is 55.9 Å². The zero-order valence-electron chi connectivity index (χ0n) is 18.4. The molecule has 7 heteroatoms. The summed E-state index contributed by atoms with van der Waals surface area (Å²) in [6, 6.07) is 8.05. The number of carbonyl (C=O) groups is 1. The number of aromatic amines is 1. The summed E-state index contributed by atoms with van der Waals surface area (Å²) in [7, 11) is 0. The molecule has 2 atom stereocenters. The van der Waals surface area contributed by atoms with E-state index in [1.54, 1.807) is 6.21 Å². The average molecular weight is 407 g/mol. The first-order chi connectivity index (χ1) is 14.3. The number of hydrogen-bond acceptors (Lipinski definition) is 4. The van der Waals surface area contributed by atoms with Gasteiger partial charge >= 0.3 is 0 Å². The number of imidazole rings is 1. The van der Waals surface area contributed by atoms with E-state index in [2.05, 4.69) is 34.5 Å². The maximum atomic E-state index is 13.2. The van der Waals surface area contributed by atoms with Gasteiger partial charge in [0, 0.05) is 24.2 Å². The molecule has 7 nitrogen and oxygen atoms in total. The van der Waals surface area contributed by atoms with E-state index in [0.717, 1.165) is 47.5 Å². The van der Waals surface area contributed by atoms with Crippen molar-refractivity contribution in [3.63, 3.8) is 0 Å². The first-order valence-corrected chi connectivity index (χ1v) is 10.6. The summed E-state index contributed by atoms with van der Waals surface area (Å²) >= 11 is 0. The zero-order chi connectivity index (χ0) is 21.5. The van der Waals surface area contributed by atoms with Crippen LogP contribution < -0.4 is 5.43 Å². The Kier molecular flexibility index (Phi) is 5.00. The Bertz CT molecular complexity index is 1080. The van der Waals surface area contributed by atoms with Crippen LogP contribution in [-0.4, -0.2) is 31.9 Å². The van der Waals surface area contributed by atoms with E-state index in [-0.39, 0.29) is 17.2 Å². The molecule has 158 valence electrons. The number of benzene rings is 1. The minimum Gasteiger partial charge on any atom is -0.342 e. The molecule has 4 rings (SSSR count). The maximum Gasteiger partial charge on any atom is 0.246 e. The Labute approximate surface area is 177 Å². The third-order valence-electron chi connectivity index (χ3n) is 7.14. The van der Waals surface area contributed by atoms with Crippen LogP contribution in [0.15, 0.2) is 35.6 Å². The van der Waals surface area contributed by atoms with Gasteiger partial charge in [-0.2, -0.15) is 10.2 Å². The summed E-state index contributed by atoms with van der Waals surface area (Å²) < 4.78 is 1.86. The fourth-order valence-electron chi connectivity index (χ4n) is 4.63. The molecule has 30 heavy (non-hydrogen) atoms. The van der Waals surface area contributed by atoms with Crippen LogP contribution in [0, 0.1) is 17.8 Å². The molecule has 0 spiro atoms. The van der Waals surface area contributed by atoms with Gasteiger partial charge in [0.25, 0.3) is 0 Å². The molecule has 1 aliphatic rings. The van der Waals surface area contributed by atoms with Crippen LogP contribution in [-0.2, 0) is 11.3 Å². The van der Waals surface area contributed by atoms with Gasteiger partial charge < -0.3 is 4.98 Å². The van der Waals surface area contributed by atoms with Crippen LogP contribution in [0.4, 0.5) is 0 Å². The number of aryl methyl sites for hydroxylation is 2. The van der Waals surface area contributed by atoms with Crippen LogP contribution in [0.2, 0.25) is 0 Å². The van der Waals surface area contributed by atoms with E-state index in [9.17, 15) is 4.79 Å². The number of rotatable bonds is 5. The van der Waals surface area contributed by atoms with Gasteiger partial charge in [-0.3, -0.25) is 9.48 Å². The highest BCUT2D eigenvalue weighted by Crippen LogP contribution is 2.59. The van der Waals surface area contributed by atoms with Gasteiger partial charge in [-0.15, -0.1) is 0 Å². The molecule has 2 N–H and O–H groups in total. The number of aromatic nitrogens is 4. The number of fused-ring (bicyclic) bond motifs is 1. The number of nitrogens with one attached hydrogen (secondary N) is 2. The standard InChI is InChI=1S/C23H30N6O/c1-6-29-14-16(15(2)28-29)13-24-27-21(30)23(5)12-11-17(22(23,3)4)20-25-18-9-7-8-10-19(18)26-20/h7-10,13-14,17H,6,11-12H2,1-5H3,(H,25,26)(H,27,30)/b24-13-/t17-,23+/m0/s1. The molecule has 0 saturated heterocycles. The van der Waals surface area contributed by atoms with Gasteiger partial charge in [-0.25, -0.2) is 10.4 Å². The Morgan fingerprint density at radius 1 is 1.37 bits per heavy atom. The average Bonchev–Trinajstić information content (AvgIpc) is 3.36. The Morgan fingerprint density at radius 2 is 2.13 bits per heavy atom. The van der Waals surface area contributed by atoms with Crippen molar-refractivity contribution in [2.24, 2.45) is 15.9 Å². The second-order valence-corrected chi connectivity index (χ2v) is 9.01. The number of amides is 1. The van der Waals surface area contributed by atoms with E-state index in [0.29, 0.717) is 0 Å². The second kappa shape index (κ2) is 7.38. The van der Waals surface area contributed by atoms with E-state index < -0.39 is 5.41 Å². The van der Waals surface area contributed by atoms with Gasteiger partial charge in [0.1, 0.15) is 5.82 Å². The Morgan fingerprint density at radius 3 is 2.83 bits per heavy atom. The number of carbonyl (C=O) groups excluding carboxylic acids is 1. The largest absolute Gasteiger partial charge is 0.342 e. The summed E-state index contributed by atoms with van der Waals surface area (Å²) in [6.45, 7) is 11.1. The SMILES string of the molecule is CCn1cc(/C=N\NC(=O)[C@@]2(C)CC[C@@H](c3nc4ccccc4[nH]3)C2(C)C)c(C)n1. The third kappa shape index (κ3) is 3.22. The van der Waals surface area contributed by atoms with Crippen LogP contribution in [0.25, 0.3) is 11.0 Å². The number of nitrogens with zero attached hydrogens (tertiary/aromatic N) is 4. The summed E-state index contributed by atoms with van der Waals surface area (Å²) in [5, 5.41) is 8.64. The maximum absolute atomic E-state index is 13.2. The molecule has 0 unspecified atom stereocenters. The molecule has 1 amide bonds. The number of H-pyrrole nitrogens is 1. The van der Waals surface area contributed by atoms with Crippen LogP contribution in [0.5, 0.6) is 0 Å². The van der Waals surface area contributed by atoms with Crippen molar-refractivity contribution < 1.29 is 4.79 Å². The predicted octanol–water partition coefficient (Wildman–Crippen LogP) is 4.15. The first-order valence-electron chi connectivity index (χ1n) is 10.6. The van der Waals surface area contributed by atoms with Crippen LogP contribution >= 0.6 is 0 Å². The predicted molar refractivity (Wildman–Crippen MR) is 118 cm³/mol. The monoisotopic (exact) mass is 406 g/mol. The van der Waals surface area contributed by atoms with Gasteiger partial charge in [0.15, 0.2) is 0 Å². The molecule has 1 aromatic carbocycles. The molecule has 2 aromatic heterocycles. The first kappa shape index (κ1) is 20.3. The fourth-order valence-corrected chi connectivity index (χ4v) is 4.63. The number of para-hydroxylation sites is 2. The Balaban J connectivity index is 1.52. The highest BCUT2D eigenvalue weighted by atomic mass is 16.2. The molecule has 0 radical (unpaired) electrons. The molecule has 1 aliphatic carbocycles. The lowest BCUT2D eigenvalue weighted by Crippen LogP contribution is -2.45. The van der Waals surface area contributed by atoms with Crippen molar-refractivity contribution >= 4 is 23.2 Å². The van der Waals surface area contributed by atoms with Gasteiger partial charge in [0.05, 0.1) is 28.4 Å². The lowest BCUT2D eigenvalue weighted by atomic mass is 9.65. The zero-order valence-corrected chi connectivity index (χ0v) is 18.4. The van der Waals surface area contributed by atoms with Crippen molar-refractivity contribution in [2.45, 2.75) is 59.9 Å². The summed E-state index contributed by atoms with van der Waals surface area (Å²) in [4.78, 5) is 21.5. The van der Waals surface area contributed by atoms with Crippen molar-refractivity contribution in [3.8, 4) is 0 Å². The quantitative estimate of drug-likeness (QED) is 0.493. The number of hydrazone groups is 1. The van der Waals surface area contributed by atoms with Crippen molar-refractivity contribution in [2.75, 3.05) is 0 Å². The van der Waals surface area contributed by atoms with Crippen molar-refractivity contribution in [3.05, 3.63) is 47.5 Å². The Hall–Kier alpha value is -2.96. The highest BCUT2D eigenvalue weighted by molar-refractivity contribution is 5.86. The molecule has 1 fully saturated rings. The second-order valence-electron chi connectivity index (χ2n) is 9.01. The molecule has 0 bridgehead atoms. The van der Waals surface area contributed by atoms with Crippen molar-refractivity contribution in [1.82, 2.24) is 25.2 Å². The highest BCUT2D eigenvalue weighted by Gasteiger charge is 2.57. The fraction of sp³-hybridized carbons (Fsp3) is 0.478. The summed E-state index contributed by atoms with van der Waals surface area (Å²) in [5.41, 5.74) is 5.77. The van der Waals surface area contributed by atoms with E-state index in [4.69, 9.17) is 4.98 Å². The normalized spacial score (nSPS) is 23.4. The molecule has 1 saturated carbocycles. The topological polar surface area (TPSA) is 88.0 Å². The minimum absolute atomic E-state index is 0.0529. The molecule has 2 heterocycles. The molecular formula is C23H30N6O. The van der Waals surface area contributed by atoms with Crippen LogP contribution in [0.3, 0.4) is 0 Å². The smallest absolute Gasteiger partial charge is 0.246 e. The van der Waals surface area contributed by atoms with Crippen LogP contribution in [0.1, 0.15) is 63.5 Å². The lowest BCUT2D eigenvalue weighted by molar-refractivity contribution is -0.135. The molecule has 3 aromatic rings. The lowest BCUT2D eigenvalue weighted by Gasteiger charge is -2.39.